The average Bonchev–Trinajstić information content (AvgIpc) is 2.66. The van der Waals surface area contributed by atoms with E-state index in [0.717, 1.165) is 41.1 Å². The van der Waals surface area contributed by atoms with Crippen molar-refractivity contribution >= 4 is 11.6 Å². The lowest BCUT2D eigenvalue weighted by atomic mass is 10.1. The number of amides is 1. The van der Waals surface area contributed by atoms with Gasteiger partial charge in [0.2, 0.25) is 5.43 Å². The van der Waals surface area contributed by atoms with Crippen LogP contribution in [0.15, 0.2) is 59.4 Å². The zero-order chi connectivity index (χ0) is 23.7. The van der Waals surface area contributed by atoms with Gasteiger partial charge >= 0.3 is 12.5 Å². The second-order valence-electron chi connectivity index (χ2n) is 6.46. The van der Waals surface area contributed by atoms with E-state index < -0.39 is 46.6 Å². The van der Waals surface area contributed by atoms with Crippen LogP contribution in [0.2, 0.25) is 0 Å². The highest BCUT2D eigenvalue weighted by atomic mass is 19.4. The van der Waals surface area contributed by atoms with E-state index in [4.69, 9.17) is 0 Å². The molecule has 168 valence electrons. The van der Waals surface area contributed by atoms with E-state index in [2.05, 4.69) is 15.2 Å². The maximum absolute atomic E-state index is 13.4. The first-order valence-corrected chi connectivity index (χ1v) is 8.80. The molecule has 0 radical (unpaired) electrons. The van der Waals surface area contributed by atoms with Crippen LogP contribution in [0.25, 0.3) is 5.69 Å². The molecule has 2 aromatic carbocycles. The smallest absolute Gasteiger partial charge is 0.406 e. The van der Waals surface area contributed by atoms with Crippen molar-refractivity contribution in [3.05, 3.63) is 81.8 Å². The Labute approximate surface area is 176 Å². The molecule has 0 spiro atoms. The van der Waals surface area contributed by atoms with Gasteiger partial charge in [-0.2, -0.15) is 18.3 Å². The molecule has 0 aliphatic carbocycles. The molecule has 0 saturated heterocycles. The Morgan fingerprint density at radius 3 is 2.34 bits per heavy atom. The third-order valence-corrected chi connectivity index (χ3v) is 4.09. The van der Waals surface area contributed by atoms with Crippen molar-refractivity contribution in [2.24, 2.45) is 0 Å². The summed E-state index contributed by atoms with van der Waals surface area (Å²) >= 11 is 0. The normalized spacial score (nSPS) is 11.8. The molecule has 1 heterocycles. The SMILES string of the molecule is Cc1cc(=O)c(C(=O)Nc2cccc(OC(F)(F)F)c2)nn1-c1ccccc1C(F)(F)F. The lowest BCUT2D eigenvalue weighted by molar-refractivity contribution is -0.274. The van der Waals surface area contributed by atoms with Gasteiger partial charge in [0.05, 0.1) is 11.3 Å². The molecule has 0 saturated carbocycles. The van der Waals surface area contributed by atoms with Gasteiger partial charge in [-0.1, -0.05) is 18.2 Å². The van der Waals surface area contributed by atoms with Crippen LogP contribution in [-0.2, 0) is 6.18 Å². The first kappa shape index (κ1) is 22.8. The van der Waals surface area contributed by atoms with Crippen molar-refractivity contribution in [2.45, 2.75) is 19.5 Å². The van der Waals surface area contributed by atoms with E-state index in [1.807, 2.05) is 0 Å². The second kappa shape index (κ2) is 8.36. The monoisotopic (exact) mass is 457 g/mol. The Bertz CT molecular complexity index is 1220. The summed E-state index contributed by atoms with van der Waals surface area (Å²) in [6.45, 7) is 1.33. The van der Waals surface area contributed by atoms with Crippen molar-refractivity contribution in [2.75, 3.05) is 5.32 Å². The van der Waals surface area contributed by atoms with E-state index in [0.29, 0.717) is 0 Å². The van der Waals surface area contributed by atoms with Gasteiger partial charge < -0.3 is 10.1 Å². The molecule has 6 nitrogen and oxygen atoms in total. The number of para-hydroxylation sites is 1. The van der Waals surface area contributed by atoms with Crippen LogP contribution < -0.4 is 15.5 Å². The zero-order valence-electron chi connectivity index (χ0n) is 16.1. The molecule has 32 heavy (non-hydrogen) atoms. The van der Waals surface area contributed by atoms with Crippen LogP contribution in [0.3, 0.4) is 0 Å². The summed E-state index contributed by atoms with van der Waals surface area (Å²) < 4.78 is 81.8. The van der Waals surface area contributed by atoms with Gasteiger partial charge in [-0.15, -0.1) is 13.2 Å². The molecule has 0 aliphatic heterocycles. The summed E-state index contributed by atoms with van der Waals surface area (Å²) in [6, 6.07) is 9.62. The number of benzene rings is 2. The summed E-state index contributed by atoms with van der Waals surface area (Å²) in [7, 11) is 0. The summed E-state index contributed by atoms with van der Waals surface area (Å²) in [5.74, 6) is -1.75. The van der Waals surface area contributed by atoms with Crippen molar-refractivity contribution < 1.29 is 35.9 Å². The summed E-state index contributed by atoms with van der Waals surface area (Å²) in [5.41, 5.74) is -3.21. The number of anilines is 1. The number of carbonyl (C=O) groups is 1. The summed E-state index contributed by atoms with van der Waals surface area (Å²) in [6.07, 6.45) is -9.68. The maximum atomic E-state index is 13.4. The quantitative estimate of drug-likeness (QED) is 0.576. The van der Waals surface area contributed by atoms with Crippen LogP contribution in [0.1, 0.15) is 21.7 Å². The minimum absolute atomic E-state index is 0.0313. The number of halogens is 6. The molecule has 1 aromatic heterocycles. The number of ether oxygens (including phenoxy) is 1. The fourth-order valence-electron chi connectivity index (χ4n) is 2.81. The molecule has 1 amide bonds. The lowest BCUT2D eigenvalue weighted by Crippen LogP contribution is -2.27. The van der Waals surface area contributed by atoms with Crippen LogP contribution >= 0.6 is 0 Å². The van der Waals surface area contributed by atoms with Crippen LogP contribution in [0.4, 0.5) is 32.0 Å². The first-order valence-electron chi connectivity index (χ1n) is 8.80. The highest BCUT2D eigenvalue weighted by Gasteiger charge is 2.34. The topological polar surface area (TPSA) is 73.2 Å². The number of rotatable bonds is 4. The molecule has 0 unspecified atom stereocenters. The van der Waals surface area contributed by atoms with E-state index in [1.165, 1.54) is 25.1 Å². The number of hydrogen-bond acceptors (Lipinski definition) is 4. The van der Waals surface area contributed by atoms with Gasteiger partial charge in [0.25, 0.3) is 5.91 Å². The van der Waals surface area contributed by atoms with Crippen molar-refractivity contribution in [1.82, 2.24) is 9.78 Å². The van der Waals surface area contributed by atoms with Gasteiger partial charge in [-0.3, -0.25) is 9.59 Å². The van der Waals surface area contributed by atoms with Gasteiger partial charge in [-0.25, -0.2) is 4.68 Å². The number of aromatic nitrogens is 2. The van der Waals surface area contributed by atoms with E-state index in [-0.39, 0.29) is 11.4 Å². The van der Waals surface area contributed by atoms with E-state index >= 15 is 0 Å². The predicted octanol–water partition coefficient (Wildman–Crippen LogP) is 4.71. The highest BCUT2D eigenvalue weighted by Crippen LogP contribution is 2.33. The molecule has 3 rings (SSSR count). The third-order valence-electron chi connectivity index (χ3n) is 4.09. The molecule has 1 N–H and O–H groups in total. The lowest BCUT2D eigenvalue weighted by Gasteiger charge is -2.16. The van der Waals surface area contributed by atoms with Gasteiger partial charge in [0.15, 0.2) is 5.69 Å². The first-order chi connectivity index (χ1) is 14.8. The standard InChI is InChI=1S/C20H13F6N3O3/c1-11-9-16(30)17(28-29(11)15-8-3-2-7-14(15)19(21,22)23)18(31)27-12-5-4-6-13(10-12)32-20(24,25)26/h2-10H,1H3,(H,27,31). The second-order valence-corrected chi connectivity index (χ2v) is 6.46. The molecular formula is C20H13F6N3O3. The number of carbonyl (C=O) groups excluding carboxylic acids is 1. The highest BCUT2D eigenvalue weighted by molar-refractivity contribution is 6.02. The molecule has 3 aromatic rings. The number of alkyl halides is 6. The Kier molecular flexibility index (Phi) is 5.97. The Morgan fingerprint density at radius 2 is 1.69 bits per heavy atom. The predicted molar refractivity (Wildman–Crippen MR) is 101 cm³/mol. The Hall–Kier alpha value is -3.83. The minimum Gasteiger partial charge on any atom is -0.406 e. The molecule has 0 aliphatic rings. The van der Waals surface area contributed by atoms with E-state index in [1.54, 1.807) is 0 Å². The molecule has 0 bridgehead atoms. The number of nitrogens with zero attached hydrogens (tertiary/aromatic N) is 2. The molecule has 0 atom stereocenters. The van der Waals surface area contributed by atoms with Crippen molar-refractivity contribution in [3.8, 4) is 11.4 Å². The summed E-state index contributed by atoms with van der Waals surface area (Å²) in [4.78, 5) is 24.8. The summed E-state index contributed by atoms with van der Waals surface area (Å²) in [5, 5.41) is 5.96. The maximum Gasteiger partial charge on any atom is 0.573 e. The van der Waals surface area contributed by atoms with Crippen LogP contribution in [-0.4, -0.2) is 22.1 Å². The number of hydrogen-bond donors (Lipinski definition) is 1. The molecular weight excluding hydrogens is 444 g/mol. The van der Waals surface area contributed by atoms with Gasteiger partial charge in [0.1, 0.15) is 5.75 Å². The zero-order valence-corrected chi connectivity index (χ0v) is 16.1. The third kappa shape index (κ3) is 5.25. The average molecular weight is 457 g/mol. The van der Waals surface area contributed by atoms with Crippen molar-refractivity contribution in [1.29, 1.82) is 0 Å². The molecule has 12 heteroatoms. The van der Waals surface area contributed by atoms with Gasteiger partial charge in [0, 0.05) is 23.5 Å². The Morgan fingerprint density at radius 1 is 1.00 bits per heavy atom. The fraction of sp³-hybridized carbons (Fsp3) is 0.150. The number of nitrogens with one attached hydrogen (secondary N) is 1. The Balaban J connectivity index is 1.98. The minimum atomic E-state index is -4.96. The largest absolute Gasteiger partial charge is 0.573 e. The van der Waals surface area contributed by atoms with E-state index in [9.17, 15) is 35.9 Å². The fourth-order valence-corrected chi connectivity index (χ4v) is 2.81. The van der Waals surface area contributed by atoms with Crippen molar-refractivity contribution in [3.63, 3.8) is 0 Å². The van der Waals surface area contributed by atoms with Crippen LogP contribution in [0.5, 0.6) is 5.75 Å². The van der Waals surface area contributed by atoms with Gasteiger partial charge in [-0.05, 0) is 31.2 Å². The van der Waals surface area contributed by atoms with Crippen LogP contribution in [0, 0.1) is 6.92 Å². The number of aryl methyl sites for hydroxylation is 1. The molecule has 0 fully saturated rings.